The van der Waals surface area contributed by atoms with Crippen LogP contribution in [-0.2, 0) is 0 Å². The number of nitrogens with one attached hydrogen (secondary N) is 2. The van der Waals surface area contributed by atoms with Gasteiger partial charge in [-0.15, -0.1) is 0 Å². The second-order valence-electron chi connectivity index (χ2n) is 1.94. The first-order chi connectivity index (χ1) is 4.16. The third kappa shape index (κ3) is 6.30. The van der Waals surface area contributed by atoms with Crippen LogP contribution < -0.4 is 10.6 Å². The highest BCUT2D eigenvalue weighted by molar-refractivity contribution is 14.1. The van der Waals surface area contributed by atoms with Crippen molar-refractivity contribution in [2.45, 2.75) is 19.9 Å². The van der Waals surface area contributed by atoms with Crippen LogP contribution in [0.4, 0.5) is 0 Å². The Hall–Kier alpha value is 0.420. The molecule has 0 fully saturated rings. The molecule has 0 unspecified atom stereocenters. The average Bonchev–Trinajstić information content (AvgIpc) is 1.63. The van der Waals surface area contributed by atoms with E-state index >= 15 is 0 Å². The topological polar surface area (TPSA) is 24.1 Å². The minimum Gasteiger partial charge on any atom is -0.361 e. The molecule has 2 nitrogen and oxygen atoms in total. The van der Waals surface area contributed by atoms with Gasteiger partial charge in [-0.25, -0.2) is 0 Å². The first-order valence-electron chi connectivity index (χ1n) is 2.77. The smallest absolute Gasteiger partial charge is 0.167 e. The van der Waals surface area contributed by atoms with Crippen molar-refractivity contribution in [1.29, 1.82) is 0 Å². The van der Waals surface area contributed by atoms with Crippen molar-refractivity contribution in [3.05, 3.63) is 0 Å². The fourth-order valence-electron chi connectivity index (χ4n) is 0.374. The van der Waals surface area contributed by atoms with E-state index < -0.39 is 0 Å². The number of thiocarbonyl (C=S) groups is 1. The predicted octanol–water partition coefficient (Wildman–Crippen LogP) is 1.25. The Morgan fingerprint density at radius 2 is 2.22 bits per heavy atom. The lowest BCUT2D eigenvalue weighted by atomic mass is 10.4. The van der Waals surface area contributed by atoms with Gasteiger partial charge >= 0.3 is 0 Å². The van der Waals surface area contributed by atoms with Crippen LogP contribution in [-0.4, -0.2) is 15.7 Å². The van der Waals surface area contributed by atoms with Gasteiger partial charge in [0, 0.05) is 6.04 Å². The highest BCUT2D eigenvalue weighted by Crippen LogP contribution is 1.78. The van der Waals surface area contributed by atoms with E-state index in [1.165, 1.54) is 0 Å². The van der Waals surface area contributed by atoms with E-state index in [1.54, 1.807) is 0 Å². The van der Waals surface area contributed by atoms with Gasteiger partial charge in [0.1, 0.15) is 0 Å². The minimum atomic E-state index is 0.424. The van der Waals surface area contributed by atoms with Gasteiger partial charge in [-0.3, -0.25) is 0 Å². The molecule has 0 bridgehead atoms. The van der Waals surface area contributed by atoms with Crippen LogP contribution in [0.1, 0.15) is 13.8 Å². The molecule has 0 aromatic heterocycles. The summed E-state index contributed by atoms with van der Waals surface area (Å²) < 4.78 is 0.857. The molecule has 0 saturated heterocycles. The van der Waals surface area contributed by atoms with Gasteiger partial charge in [-0.2, -0.15) is 0 Å². The molecule has 0 spiro atoms. The molecule has 0 aromatic carbocycles. The van der Waals surface area contributed by atoms with E-state index in [2.05, 4.69) is 47.1 Å². The molecule has 0 amide bonds. The first kappa shape index (κ1) is 9.42. The second kappa shape index (κ2) is 5.22. The Balaban J connectivity index is 3.27. The summed E-state index contributed by atoms with van der Waals surface area (Å²) >= 11 is 7.11. The summed E-state index contributed by atoms with van der Waals surface area (Å²) in [5.74, 6) is 0. The average molecular weight is 258 g/mol. The van der Waals surface area contributed by atoms with E-state index in [0.29, 0.717) is 6.04 Å². The van der Waals surface area contributed by atoms with E-state index in [0.717, 1.165) is 9.66 Å². The zero-order valence-corrected chi connectivity index (χ0v) is 8.54. The Bertz CT molecular complexity index is 95.0. The lowest BCUT2D eigenvalue weighted by Crippen LogP contribution is -2.38. The Labute approximate surface area is 74.9 Å². The molecule has 0 aliphatic heterocycles. The third-order valence-corrected chi connectivity index (χ3v) is 1.29. The van der Waals surface area contributed by atoms with Gasteiger partial charge < -0.3 is 10.6 Å². The van der Waals surface area contributed by atoms with Crippen molar-refractivity contribution < 1.29 is 0 Å². The number of hydrogen-bond acceptors (Lipinski definition) is 1. The van der Waals surface area contributed by atoms with Crippen molar-refractivity contribution >= 4 is 39.9 Å². The largest absolute Gasteiger partial charge is 0.361 e. The van der Waals surface area contributed by atoms with E-state index in [9.17, 15) is 0 Å². The van der Waals surface area contributed by atoms with Crippen LogP contribution in [0, 0.1) is 0 Å². The number of halogens is 1. The summed E-state index contributed by atoms with van der Waals surface area (Å²) in [5.41, 5.74) is 0. The Morgan fingerprint density at radius 3 is 2.56 bits per heavy atom. The van der Waals surface area contributed by atoms with Crippen molar-refractivity contribution in [3.8, 4) is 0 Å². The monoisotopic (exact) mass is 258 g/mol. The van der Waals surface area contributed by atoms with Gasteiger partial charge in [0.15, 0.2) is 5.11 Å². The van der Waals surface area contributed by atoms with Crippen LogP contribution in [0.3, 0.4) is 0 Å². The summed E-state index contributed by atoms with van der Waals surface area (Å²) in [7, 11) is 0. The number of rotatable bonds is 2. The summed E-state index contributed by atoms with van der Waals surface area (Å²) in [5, 5.41) is 6.78. The molecular formula is C5H11IN2S. The molecule has 0 aliphatic rings. The van der Waals surface area contributed by atoms with Crippen LogP contribution in [0.15, 0.2) is 0 Å². The predicted molar refractivity (Wildman–Crippen MR) is 52.9 cm³/mol. The van der Waals surface area contributed by atoms with E-state index in [4.69, 9.17) is 12.2 Å². The summed E-state index contributed by atoms with van der Waals surface area (Å²) in [6.07, 6.45) is 0. The maximum Gasteiger partial charge on any atom is 0.167 e. The lowest BCUT2D eigenvalue weighted by molar-refractivity contribution is 0.725. The van der Waals surface area contributed by atoms with Crippen molar-refractivity contribution in [3.63, 3.8) is 0 Å². The maximum absolute atomic E-state index is 4.90. The standard InChI is InChI=1S/C5H11IN2S/c1-4(2)8-5(9)7-3-6/h4H,3H2,1-2H3,(H2,7,8,9). The minimum absolute atomic E-state index is 0.424. The molecule has 0 rings (SSSR count). The van der Waals surface area contributed by atoms with Gasteiger partial charge in [0.25, 0.3) is 0 Å². The van der Waals surface area contributed by atoms with Crippen molar-refractivity contribution in [1.82, 2.24) is 10.6 Å². The highest BCUT2D eigenvalue weighted by Gasteiger charge is 1.93. The van der Waals surface area contributed by atoms with Crippen LogP contribution in [0.25, 0.3) is 0 Å². The normalized spacial score (nSPS) is 9.33. The van der Waals surface area contributed by atoms with E-state index in [-0.39, 0.29) is 0 Å². The molecule has 0 aromatic rings. The molecule has 0 aliphatic carbocycles. The number of hydrogen-bond donors (Lipinski definition) is 2. The Morgan fingerprint density at radius 1 is 1.67 bits per heavy atom. The molecular weight excluding hydrogens is 247 g/mol. The Kier molecular flexibility index (Phi) is 5.47. The molecule has 0 heterocycles. The summed E-state index contributed by atoms with van der Waals surface area (Å²) in [6.45, 7) is 4.11. The quantitative estimate of drug-likeness (QED) is 0.337. The van der Waals surface area contributed by atoms with Gasteiger partial charge in [0.2, 0.25) is 0 Å². The van der Waals surface area contributed by atoms with Gasteiger partial charge in [-0.1, -0.05) is 22.6 Å². The van der Waals surface area contributed by atoms with E-state index in [1.807, 2.05) is 0 Å². The van der Waals surface area contributed by atoms with Crippen LogP contribution >= 0.6 is 34.8 Å². The molecule has 9 heavy (non-hydrogen) atoms. The fourth-order valence-corrected chi connectivity index (χ4v) is 1.32. The molecule has 0 atom stereocenters. The molecule has 2 N–H and O–H groups in total. The van der Waals surface area contributed by atoms with Crippen molar-refractivity contribution in [2.24, 2.45) is 0 Å². The molecule has 4 heteroatoms. The maximum atomic E-state index is 4.90. The summed E-state index contributed by atoms with van der Waals surface area (Å²) in [6, 6.07) is 0.424. The SMILES string of the molecule is CC(C)NC(=S)NCI. The first-order valence-corrected chi connectivity index (χ1v) is 4.70. The molecule has 0 saturated carbocycles. The van der Waals surface area contributed by atoms with Gasteiger partial charge in [0.05, 0.1) is 4.55 Å². The fraction of sp³-hybridized carbons (Fsp3) is 0.800. The molecule has 54 valence electrons. The lowest BCUT2D eigenvalue weighted by Gasteiger charge is -2.10. The highest BCUT2D eigenvalue weighted by atomic mass is 127. The third-order valence-electron chi connectivity index (χ3n) is 0.647. The number of alkyl halides is 1. The van der Waals surface area contributed by atoms with Crippen molar-refractivity contribution in [2.75, 3.05) is 4.55 Å². The zero-order chi connectivity index (χ0) is 7.28. The zero-order valence-electron chi connectivity index (χ0n) is 5.57. The molecule has 0 radical (unpaired) electrons. The van der Waals surface area contributed by atoms with Gasteiger partial charge in [-0.05, 0) is 26.1 Å². The van der Waals surface area contributed by atoms with Crippen LogP contribution in [0.5, 0.6) is 0 Å². The summed E-state index contributed by atoms with van der Waals surface area (Å²) in [4.78, 5) is 0. The second-order valence-corrected chi connectivity index (χ2v) is 3.11. The van der Waals surface area contributed by atoms with Crippen LogP contribution in [0.2, 0.25) is 0 Å².